The quantitative estimate of drug-likeness (QED) is 0.573. The van der Waals surface area contributed by atoms with E-state index in [-0.39, 0.29) is 5.91 Å². The van der Waals surface area contributed by atoms with E-state index in [2.05, 4.69) is 63.3 Å². The maximum absolute atomic E-state index is 13.1. The van der Waals surface area contributed by atoms with E-state index >= 15 is 0 Å². The molecule has 4 heteroatoms. The van der Waals surface area contributed by atoms with E-state index < -0.39 is 0 Å². The number of aromatic nitrogens is 2. The van der Waals surface area contributed by atoms with Crippen LogP contribution in [0.25, 0.3) is 16.9 Å². The molecule has 0 aliphatic heterocycles. The lowest BCUT2D eigenvalue weighted by molar-refractivity contribution is -0.130. The first-order valence-electron chi connectivity index (χ1n) is 10.3. The summed E-state index contributed by atoms with van der Waals surface area (Å²) in [6.45, 7) is 12.2. The Morgan fingerprint density at radius 2 is 1.71 bits per heavy atom. The SMILES string of the molecule is CCCN(CCC)C(=O)Cc1c(-c2ccc(C)c(C)c2)nc2c(C)cccn12. The van der Waals surface area contributed by atoms with Crippen LogP contribution in [-0.2, 0) is 11.2 Å². The number of nitrogens with zero attached hydrogens (tertiary/aromatic N) is 3. The van der Waals surface area contributed by atoms with Gasteiger partial charge < -0.3 is 9.30 Å². The number of rotatable bonds is 7. The maximum Gasteiger partial charge on any atom is 0.228 e. The molecule has 3 rings (SSSR count). The molecule has 0 saturated carbocycles. The molecule has 3 aromatic rings. The van der Waals surface area contributed by atoms with Crippen molar-refractivity contribution in [1.82, 2.24) is 14.3 Å². The lowest BCUT2D eigenvalue weighted by Gasteiger charge is -2.21. The van der Waals surface area contributed by atoms with Gasteiger partial charge in [-0.2, -0.15) is 0 Å². The van der Waals surface area contributed by atoms with Crippen LogP contribution >= 0.6 is 0 Å². The molecule has 2 aromatic heterocycles. The second-order valence-electron chi connectivity index (χ2n) is 7.65. The number of aryl methyl sites for hydroxylation is 3. The molecular weight excluding hydrogens is 346 g/mol. The van der Waals surface area contributed by atoms with Crippen molar-refractivity contribution in [3.63, 3.8) is 0 Å². The molecule has 0 N–H and O–H groups in total. The fraction of sp³-hybridized carbons (Fsp3) is 0.417. The highest BCUT2D eigenvalue weighted by molar-refractivity contribution is 5.82. The van der Waals surface area contributed by atoms with E-state index in [4.69, 9.17) is 4.98 Å². The van der Waals surface area contributed by atoms with Crippen LogP contribution in [0.4, 0.5) is 0 Å². The summed E-state index contributed by atoms with van der Waals surface area (Å²) in [5.74, 6) is 0.178. The standard InChI is InChI=1S/C24H31N3O/c1-6-12-26(13-7-2)22(28)16-21-23(20-11-10-17(3)19(5)15-20)25-24-18(4)9-8-14-27(21)24/h8-11,14-15H,6-7,12-13,16H2,1-5H3. The predicted octanol–water partition coefficient (Wildman–Crippen LogP) is 5.12. The third kappa shape index (κ3) is 3.96. The summed E-state index contributed by atoms with van der Waals surface area (Å²) in [6.07, 6.45) is 4.34. The number of amides is 1. The number of imidazole rings is 1. The van der Waals surface area contributed by atoms with Gasteiger partial charge >= 0.3 is 0 Å². The average Bonchev–Trinajstić information content (AvgIpc) is 3.04. The molecule has 0 bridgehead atoms. The predicted molar refractivity (Wildman–Crippen MR) is 116 cm³/mol. The highest BCUT2D eigenvalue weighted by Gasteiger charge is 2.21. The van der Waals surface area contributed by atoms with E-state index in [1.807, 2.05) is 17.2 Å². The van der Waals surface area contributed by atoms with Crippen LogP contribution in [0, 0.1) is 20.8 Å². The largest absolute Gasteiger partial charge is 0.342 e. The van der Waals surface area contributed by atoms with Gasteiger partial charge in [0.15, 0.2) is 0 Å². The summed E-state index contributed by atoms with van der Waals surface area (Å²) in [7, 11) is 0. The highest BCUT2D eigenvalue weighted by Crippen LogP contribution is 2.28. The second-order valence-corrected chi connectivity index (χ2v) is 7.65. The van der Waals surface area contributed by atoms with Crippen molar-refractivity contribution < 1.29 is 4.79 Å². The van der Waals surface area contributed by atoms with Crippen LogP contribution in [0.1, 0.15) is 49.1 Å². The van der Waals surface area contributed by atoms with Crippen LogP contribution in [0.5, 0.6) is 0 Å². The Morgan fingerprint density at radius 3 is 2.36 bits per heavy atom. The Morgan fingerprint density at radius 1 is 1.00 bits per heavy atom. The van der Waals surface area contributed by atoms with Gasteiger partial charge in [-0.1, -0.05) is 32.0 Å². The van der Waals surface area contributed by atoms with E-state index in [1.165, 1.54) is 11.1 Å². The smallest absolute Gasteiger partial charge is 0.228 e. The number of carbonyl (C=O) groups excluding carboxylic acids is 1. The molecule has 4 nitrogen and oxygen atoms in total. The molecule has 0 radical (unpaired) electrons. The van der Waals surface area contributed by atoms with Crippen molar-refractivity contribution in [2.45, 2.75) is 53.9 Å². The van der Waals surface area contributed by atoms with E-state index in [0.717, 1.165) is 54.1 Å². The molecule has 0 atom stereocenters. The first-order chi connectivity index (χ1) is 13.5. The molecule has 1 aromatic carbocycles. The number of hydrogen-bond donors (Lipinski definition) is 0. The summed E-state index contributed by atoms with van der Waals surface area (Å²) in [4.78, 5) is 20.0. The number of pyridine rings is 1. The van der Waals surface area contributed by atoms with Gasteiger partial charge in [-0.05, 0) is 62.4 Å². The van der Waals surface area contributed by atoms with Crippen LogP contribution in [-0.4, -0.2) is 33.3 Å². The second kappa shape index (κ2) is 8.59. The first-order valence-corrected chi connectivity index (χ1v) is 10.3. The van der Waals surface area contributed by atoms with Crippen LogP contribution < -0.4 is 0 Å². The average molecular weight is 378 g/mol. The van der Waals surface area contributed by atoms with Crippen molar-refractivity contribution >= 4 is 11.6 Å². The molecule has 0 fully saturated rings. The fourth-order valence-corrected chi connectivity index (χ4v) is 3.70. The zero-order valence-electron chi connectivity index (χ0n) is 17.7. The molecule has 0 spiro atoms. The molecule has 0 saturated heterocycles. The molecule has 28 heavy (non-hydrogen) atoms. The lowest BCUT2D eigenvalue weighted by atomic mass is 10.0. The van der Waals surface area contributed by atoms with Gasteiger partial charge in [0.05, 0.1) is 17.8 Å². The molecule has 0 aliphatic carbocycles. The van der Waals surface area contributed by atoms with Crippen LogP contribution in [0.3, 0.4) is 0 Å². The minimum absolute atomic E-state index is 0.178. The normalized spacial score (nSPS) is 11.2. The van der Waals surface area contributed by atoms with E-state index in [1.54, 1.807) is 0 Å². The number of benzene rings is 1. The third-order valence-corrected chi connectivity index (χ3v) is 5.38. The number of carbonyl (C=O) groups is 1. The van der Waals surface area contributed by atoms with Crippen LogP contribution in [0.2, 0.25) is 0 Å². The van der Waals surface area contributed by atoms with Gasteiger partial charge in [-0.25, -0.2) is 4.98 Å². The van der Waals surface area contributed by atoms with E-state index in [0.29, 0.717) is 6.42 Å². The van der Waals surface area contributed by atoms with Crippen molar-refractivity contribution in [3.05, 3.63) is 58.9 Å². The minimum atomic E-state index is 0.178. The van der Waals surface area contributed by atoms with Gasteiger partial charge in [0.2, 0.25) is 5.91 Å². The molecule has 148 valence electrons. The summed E-state index contributed by atoms with van der Waals surface area (Å²) >= 11 is 0. The van der Waals surface area contributed by atoms with Crippen molar-refractivity contribution in [2.75, 3.05) is 13.1 Å². The zero-order chi connectivity index (χ0) is 20.3. The fourth-order valence-electron chi connectivity index (χ4n) is 3.70. The Kier molecular flexibility index (Phi) is 6.18. The van der Waals surface area contributed by atoms with E-state index in [9.17, 15) is 4.79 Å². The topological polar surface area (TPSA) is 37.6 Å². The Balaban J connectivity index is 2.10. The van der Waals surface area contributed by atoms with Crippen molar-refractivity contribution in [1.29, 1.82) is 0 Å². The zero-order valence-corrected chi connectivity index (χ0v) is 17.7. The molecule has 0 unspecified atom stereocenters. The third-order valence-electron chi connectivity index (χ3n) is 5.38. The molecular formula is C24H31N3O. The maximum atomic E-state index is 13.1. The van der Waals surface area contributed by atoms with Crippen molar-refractivity contribution in [2.24, 2.45) is 0 Å². The van der Waals surface area contributed by atoms with Gasteiger partial charge in [0.1, 0.15) is 5.65 Å². The molecule has 0 aliphatic rings. The summed E-state index contributed by atoms with van der Waals surface area (Å²) in [5.41, 5.74) is 7.51. The molecule has 2 heterocycles. The van der Waals surface area contributed by atoms with Gasteiger partial charge in [0.25, 0.3) is 0 Å². The van der Waals surface area contributed by atoms with Gasteiger partial charge in [-0.3, -0.25) is 4.79 Å². The first kappa shape index (κ1) is 20.1. The Bertz CT molecular complexity index is 981. The van der Waals surface area contributed by atoms with Gasteiger partial charge in [0, 0.05) is 24.8 Å². The number of fused-ring (bicyclic) bond motifs is 1. The summed E-state index contributed by atoms with van der Waals surface area (Å²) < 4.78 is 2.09. The monoisotopic (exact) mass is 377 g/mol. The highest BCUT2D eigenvalue weighted by atomic mass is 16.2. The number of hydrogen-bond acceptors (Lipinski definition) is 2. The molecule has 1 amide bonds. The lowest BCUT2D eigenvalue weighted by Crippen LogP contribution is -2.34. The Hall–Kier alpha value is -2.62. The van der Waals surface area contributed by atoms with Crippen LogP contribution in [0.15, 0.2) is 36.5 Å². The van der Waals surface area contributed by atoms with Crippen molar-refractivity contribution in [3.8, 4) is 11.3 Å². The Labute approximate surface area is 168 Å². The minimum Gasteiger partial charge on any atom is -0.342 e. The van der Waals surface area contributed by atoms with Gasteiger partial charge in [-0.15, -0.1) is 0 Å². The summed E-state index contributed by atoms with van der Waals surface area (Å²) in [5, 5.41) is 0. The summed E-state index contributed by atoms with van der Waals surface area (Å²) in [6, 6.07) is 10.5.